The second kappa shape index (κ2) is 9.05. The summed E-state index contributed by atoms with van der Waals surface area (Å²) in [5.74, 6) is 1.43. The van der Waals surface area contributed by atoms with E-state index in [-0.39, 0.29) is 17.8 Å². The Morgan fingerprint density at radius 1 is 1.26 bits per heavy atom. The first-order valence-electron chi connectivity index (χ1n) is 9.24. The van der Waals surface area contributed by atoms with Crippen LogP contribution in [0.3, 0.4) is 0 Å². The topological polar surface area (TPSA) is 72.3 Å². The predicted molar refractivity (Wildman–Crippen MR) is 98.5 cm³/mol. The second-order valence-electron chi connectivity index (χ2n) is 6.81. The Balaban J connectivity index is 1.61. The van der Waals surface area contributed by atoms with Crippen LogP contribution in [0.2, 0.25) is 0 Å². The molecule has 0 fully saturated rings. The van der Waals surface area contributed by atoms with Gasteiger partial charge in [0.25, 0.3) is 0 Å². The van der Waals surface area contributed by atoms with E-state index in [1.54, 1.807) is 7.11 Å². The van der Waals surface area contributed by atoms with Crippen molar-refractivity contribution in [1.29, 1.82) is 0 Å². The number of fused-ring (bicyclic) bond motifs is 1. The molecule has 0 saturated heterocycles. The van der Waals surface area contributed by atoms with Crippen LogP contribution >= 0.6 is 0 Å². The molecule has 1 atom stereocenters. The first-order valence-corrected chi connectivity index (χ1v) is 9.24. The first-order chi connectivity index (χ1) is 13.1. The Labute approximate surface area is 158 Å². The van der Waals surface area contributed by atoms with Gasteiger partial charge in [-0.3, -0.25) is 9.69 Å². The summed E-state index contributed by atoms with van der Waals surface area (Å²) >= 11 is 0. The molecule has 0 bridgehead atoms. The minimum atomic E-state index is -0.216. The number of ether oxygens (including phenoxy) is 1. The van der Waals surface area contributed by atoms with E-state index < -0.39 is 0 Å². The van der Waals surface area contributed by atoms with Gasteiger partial charge in [-0.2, -0.15) is 0 Å². The van der Waals surface area contributed by atoms with Crippen LogP contribution in [0.25, 0.3) is 0 Å². The fraction of sp³-hybridized carbons (Fsp3) is 0.526. The molecule has 3 rings (SSSR count). The summed E-state index contributed by atoms with van der Waals surface area (Å²) in [4.78, 5) is 14.3. The van der Waals surface area contributed by atoms with Crippen molar-refractivity contribution in [1.82, 2.24) is 25.0 Å². The summed E-state index contributed by atoms with van der Waals surface area (Å²) in [7, 11) is 1.58. The highest BCUT2D eigenvalue weighted by atomic mass is 19.1. The van der Waals surface area contributed by atoms with Gasteiger partial charge in [0.15, 0.2) is 5.82 Å². The number of halogens is 1. The summed E-state index contributed by atoms with van der Waals surface area (Å²) in [6.45, 7) is 5.57. The quantitative estimate of drug-likeness (QED) is 0.797. The Bertz CT molecular complexity index is 762. The molecule has 1 aromatic carbocycles. The third kappa shape index (κ3) is 5.11. The molecule has 1 aromatic heterocycles. The number of hydrogen-bond acceptors (Lipinski definition) is 5. The molecule has 7 nitrogen and oxygen atoms in total. The number of aromatic nitrogens is 3. The molecule has 0 spiro atoms. The van der Waals surface area contributed by atoms with Crippen molar-refractivity contribution in [3.8, 4) is 0 Å². The average molecular weight is 375 g/mol. The monoisotopic (exact) mass is 375 g/mol. The molecule has 0 aliphatic carbocycles. The van der Waals surface area contributed by atoms with Gasteiger partial charge in [-0.25, -0.2) is 4.39 Å². The van der Waals surface area contributed by atoms with Gasteiger partial charge in [0.1, 0.15) is 11.6 Å². The van der Waals surface area contributed by atoms with E-state index in [0.29, 0.717) is 13.0 Å². The van der Waals surface area contributed by atoms with E-state index in [1.165, 1.54) is 12.1 Å². The van der Waals surface area contributed by atoms with E-state index in [0.717, 1.165) is 49.8 Å². The van der Waals surface area contributed by atoms with Crippen molar-refractivity contribution in [3.63, 3.8) is 0 Å². The molecular formula is C19H26FN5O2. The van der Waals surface area contributed by atoms with Crippen LogP contribution in [0.4, 0.5) is 4.39 Å². The minimum Gasteiger partial charge on any atom is -0.384 e. The zero-order chi connectivity index (χ0) is 19.2. The highest BCUT2D eigenvalue weighted by Gasteiger charge is 2.22. The van der Waals surface area contributed by atoms with Crippen molar-refractivity contribution in [3.05, 3.63) is 47.3 Å². The number of nitrogens with one attached hydrogen (secondary N) is 1. The average Bonchev–Trinajstić information content (AvgIpc) is 2.97. The maximum atomic E-state index is 13.1. The minimum absolute atomic E-state index is 0.0618. The van der Waals surface area contributed by atoms with Gasteiger partial charge in [0, 0.05) is 46.1 Å². The Morgan fingerprint density at radius 3 is 2.78 bits per heavy atom. The molecule has 2 heterocycles. The molecule has 146 valence electrons. The zero-order valence-corrected chi connectivity index (χ0v) is 15.8. The lowest BCUT2D eigenvalue weighted by atomic mass is 10.2. The maximum Gasteiger partial charge on any atom is 0.222 e. The number of carbonyl (C=O) groups is 1. The van der Waals surface area contributed by atoms with Gasteiger partial charge in [0.05, 0.1) is 12.6 Å². The SMILES string of the molecule is COCCC(=O)N[C@@H](C)c1nnc2n1CCN(Cc1ccc(F)cc1)CC2. The molecular weight excluding hydrogens is 349 g/mol. The Hall–Kier alpha value is -2.32. The maximum absolute atomic E-state index is 13.1. The Kier molecular flexibility index (Phi) is 6.52. The summed E-state index contributed by atoms with van der Waals surface area (Å²) < 4.78 is 20.1. The molecule has 0 saturated carbocycles. The van der Waals surface area contributed by atoms with Gasteiger partial charge in [0.2, 0.25) is 5.91 Å². The van der Waals surface area contributed by atoms with E-state index >= 15 is 0 Å². The van der Waals surface area contributed by atoms with Crippen LogP contribution in [0.1, 0.15) is 36.6 Å². The molecule has 1 amide bonds. The molecule has 0 unspecified atom stereocenters. The number of hydrogen-bond donors (Lipinski definition) is 1. The van der Waals surface area contributed by atoms with Gasteiger partial charge in [-0.15, -0.1) is 10.2 Å². The van der Waals surface area contributed by atoms with E-state index in [4.69, 9.17) is 4.74 Å². The highest BCUT2D eigenvalue weighted by molar-refractivity contribution is 5.76. The number of benzene rings is 1. The summed E-state index contributed by atoms with van der Waals surface area (Å²) in [5.41, 5.74) is 1.09. The number of methoxy groups -OCH3 is 1. The van der Waals surface area contributed by atoms with Crippen molar-refractivity contribution < 1.29 is 13.9 Å². The van der Waals surface area contributed by atoms with Crippen molar-refractivity contribution in [2.45, 2.75) is 38.9 Å². The summed E-state index contributed by atoms with van der Waals surface area (Å²) in [5, 5.41) is 11.6. The van der Waals surface area contributed by atoms with Crippen molar-refractivity contribution in [2.24, 2.45) is 0 Å². The smallest absolute Gasteiger partial charge is 0.222 e. The van der Waals surface area contributed by atoms with Gasteiger partial charge in [-0.05, 0) is 24.6 Å². The normalized spacial score (nSPS) is 15.8. The predicted octanol–water partition coefficient (Wildman–Crippen LogP) is 1.69. The fourth-order valence-electron chi connectivity index (χ4n) is 3.29. The molecule has 0 radical (unpaired) electrons. The third-order valence-electron chi connectivity index (χ3n) is 4.76. The molecule has 1 aliphatic heterocycles. The van der Waals surface area contributed by atoms with Gasteiger partial charge < -0.3 is 14.6 Å². The van der Waals surface area contributed by atoms with Crippen LogP contribution in [-0.2, 0) is 29.0 Å². The zero-order valence-electron chi connectivity index (χ0n) is 15.8. The Morgan fingerprint density at radius 2 is 2.04 bits per heavy atom. The standard InChI is InChI=1S/C19H26FN5O2/c1-14(21-18(26)8-12-27-2)19-23-22-17-7-9-24(10-11-25(17)19)13-15-3-5-16(20)6-4-15/h3-6,14H,7-13H2,1-2H3,(H,21,26)/t14-/m0/s1. The molecule has 1 aliphatic rings. The molecule has 2 aromatic rings. The summed E-state index contributed by atoms with van der Waals surface area (Å²) in [6.07, 6.45) is 1.12. The number of amides is 1. The van der Waals surface area contributed by atoms with Crippen LogP contribution in [0.15, 0.2) is 24.3 Å². The molecule has 8 heteroatoms. The van der Waals surface area contributed by atoms with Crippen molar-refractivity contribution >= 4 is 5.91 Å². The van der Waals surface area contributed by atoms with Crippen LogP contribution in [0.5, 0.6) is 0 Å². The second-order valence-corrected chi connectivity index (χ2v) is 6.81. The van der Waals surface area contributed by atoms with E-state index in [9.17, 15) is 9.18 Å². The molecule has 27 heavy (non-hydrogen) atoms. The lowest BCUT2D eigenvalue weighted by molar-refractivity contribution is -0.122. The van der Waals surface area contributed by atoms with Crippen LogP contribution < -0.4 is 5.32 Å². The van der Waals surface area contributed by atoms with Crippen LogP contribution in [-0.4, -0.2) is 52.4 Å². The lowest BCUT2D eigenvalue weighted by Crippen LogP contribution is -2.30. The highest BCUT2D eigenvalue weighted by Crippen LogP contribution is 2.17. The van der Waals surface area contributed by atoms with E-state index in [1.807, 2.05) is 19.1 Å². The molecule has 1 N–H and O–H groups in total. The van der Waals surface area contributed by atoms with Gasteiger partial charge in [-0.1, -0.05) is 12.1 Å². The fourth-order valence-corrected chi connectivity index (χ4v) is 3.29. The number of carbonyl (C=O) groups excluding carboxylic acids is 1. The van der Waals surface area contributed by atoms with Crippen molar-refractivity contribution in [2.75, 3.05) is 26.8 Å². The first kappa shape index (κ1) is 19.4. The van der Waals surface area contributed by atoms with Gasteiger partial charge >= 0.3 is 0 Å². The third-order valence-corrected chi connectivity index (χ3v) is 4.76. The summed E-state index contributed by atoms with van der Waals surface area (Å²) in [6, 6.07) is 6.42. The lowest BCUT2D eigenvalue weighted by Gasteiger charge is -2.20. The number of rotatable bonds is 7. The van der Waals surface area contributed by atoms with E-state index in [2.05, 4.69) is 25.0 Å². The largest absolute Gasteiger partial charge is 0.384 e. The number of nitrogens with zero attached hydrogens (tertiary/aromatic N) is 4. The van der Waals surface area contributed by atoms with Crippen LogP contribution in [0, 0.1) is 5.82 Å².